The molecule has 2 heterocycles. The Labute approximate surface area is 129 Å². The summed E-state index contributed by atoms with van der Waals surface area (Å²) in [6.45, 7) is 4.78. The Hall–Kier alpha value is -2.23. The second-order valence-electron chi connectivity index (χ2n) is 5.18. The van der Waals surface area contributed by atoms with Crippen LogP contribution in [0.2, 0.25) is 0 Å². The van der Waals surface area contributed by atoms with Gasteiger partial charge in [-0.1, -0.05) is 12.1 Å². The highest BCUT2D eigenvalue weighted by Gasteiger charge is 2.32. The Morgan fingerprint density at radius 1 is 1.45 bits per heavy atom. The lowest BCUT2D eigenvalue weighted by Crippen LogP contribution is -2.57. The van der Waals surface area contributed by atoms with E-state index in [2.05, 4.69) is 26.3 Å². The molecule has 0 radical (unpaired) electrons. The monoisotopic (exact) mass is 297 g/mol. The molecule has 1 saturated heterocycles. The number of piperazine rings is 1. The van der Waals surface area contributed by atoms with Gasteiger partial charge in [-0.15, -0.1) is 0 Å². The van der Waals surface area contributed by atoms with Crippen LogP contribution in [-0.2, 0) is 4.74 Å². The molecule has 1 aliphatic heterocycles. The molecule has 0 saturated carbocycles. The lowest BCUT2D eigenvalue weighted by Gasteiger charge is -2.39. The molecule has 0 amide bonds. The predicted octanol–water partition coefficient (Wildman–Crippen LogP) is 1.34. The van der Waals surface area contributed by atoms with Crippen LogP contribution in [0.5, 0.6) is 0 Å². The molecule has 2 unspecified atom stereocenters. The molecule has 6 nitrogen and oxygen atoms in total. The van der Waals surface area contributed by atoms with Gasteiger partial charge in [-0.2, -0.15) is 5.26 Å². The number of nitrogens with zero attached hydrogens (tertiary/aromatic N) is 4. The van der Waals surface area contributed by atoms with E-state index in [1.807, 2.05) is 31.2 Å². The first-order valence-electron chi connectivity index (χ1n) is 7.53. The highest BCUT2D eigenvalue weighted by atomic mass is 16.5. The average Bonchev–Trinajstić information content (AvgIpc) is 2.59. The van der Waals surface area contributed by atoms with Crippen molar-refractivity contribution in [3.8, 4) is 6.07 Å². The third-order valence-electron chi connectivity index (χ3n) is 3.90. The molecule has 3 rings (SSSR count). The molecule has 2 atom stereocenters. The summed E-state index contributed by atoms with van der Waals surface area (Å²) >= 11 is 0. The van der Waals surface area contributed by atoms with Crippen LogP contribution in [-0.4, -0.2) is 48.4 Å². The molecule has 6 heteroatoms. The fourth-order valence-electron chi connectivity index (χ4n) is 2.89. The van der Waals surface area contributed by atoms with Gasteiger partial charge in [0.1, 0.15) is 12.1 Å². The maximum Gasteiger partial charge on any atom is 0.165 e. The van der Waals surface area contributed by atoms with Gasteiger partial charge >= 0.3 is 0 Å². The van der Waals surface area contributed by atoms with Crippen LogP contribution in [0, 0.1) is 11.3 Å². The maximum absolute atomic E-state index is 9.43. The Morgan fingerprint density at radius 3 is 3.14 bits per heavy atom. The highest BCUT2D eigenvalue weighted by molar-refractivity contribution is 5.89. The first-order chi connectivity index (χ1) is 10.8. The van der Waals surface area contributed by atoms with Crippen molar-refractivity contribution in [2.24, 2.45) is 0 Å². The molecule has 22 heavy (non-hydrogen) atoms. The van der Waals surface area contributed by atoms with Crippen LogP contribution >= 0.6 is 0 Å². The van der Waals surface area contributed by atoms with E-state index in [4.69, 9.17) is 4.74 Å². The number of rotatable bonds is 4. The van der Waals surface area contributed by atoms with Crippen molar-refractivity contribution in [2.75, 3.05) is 31.1 Å². The van der Waals surface area contributed by atoms with Gasteiger partial charge in [0.25, 0.3) is 0 Å². The topological polar surface area (TPSA) is 74.1 Å². The van der Waals surface area contributed by atoms with Crippen molar-refractivity contribution < 1.29 is 4.74 Å². The van der Waals surface area contributed by atoms with Crippen LogP contribution in [0.25, 0.3) is 10.9 Å². The zero-order valence-corrected chi connectivity index (χ0v) is 12.6. The summed E-state index contributed by atoms with van der Waals surface area (Å²) in [6.07, 6.45) is 1.10. The van der Waals surface area contributed by atoms with Crippen molar-refractivity contribution in [3.63, 3.8) is 0 Å². The molecule has 114 valence electrons. The van der Waals surface area contributed by atoms with E-state index in [1.165, 1.54) is 0 Å². The summed E-state index contributed by atoms with van der Waals surface area (Å²) in [5, 5.41) is 13.8. The fraction of sp³-hybridized carbons (Fsp3) is 0.438. The van der Waals surface area contributed by atoms with Crippen molar-refractivity contribution in [1.82, 2.24) is 15.3 Å². The van der Waals surface area contributed by atoms with Crippen molar-refractivity contribution in [2.45, 2.75) is 19.1 Å². The van der Waals surface area contributed by atoms with Gasteiger partial charge in [-0.25, -0.2) is 9.97 Å². The second-order valence-corrected chi connectivity index (χ2v) is 5.18. The van der Waals surface area contributed by atoms with E-state index in [0.717, 1.165) is 29.8 Å². The van der Waals surface area contributed by atoms with Crippen LogP contribution in [0.3, 0.4) is 0 Å². The van der Waals surface area contributed by atoms with E-state index in [-0.39, 0.29) is 6.04 Å². The lowest BCUT2D eigenvalue weighted by atomic mass is 10.1. The molecule has 1 aromatic heterocycles. The quantitative estimate of drug-likeness (QED) is 0.918. The number of hydrogen-bond acceptors (Lipinski definition) is 6. The number of hydrogen-bond donors (Lipinski definition) is 1. The minimum Gasteiger partial charge on any atom is -0.361 e. The van der Waals surface area contributed by atoms with E-state index < -0.39 is 6.10 Å². The Kier molecular flexibility index (Phi) is 4.47. The molecule has 0 spiro atoms. The normalized spacial score (nSPS) is 19.8. The third-order valence-corrected chi connectivity index (χ3v) is 3.90. The SMILES string of the molecule is CCOC(C#N)C1CNCCN1c1ncnc2ccccc12. The first-order valence-corrected chi connectivity index (χ1v) is 7.53. The molecule has 2 aromatic rings. The molecule has 1 N–H and O–H groups in total. The standard InChI is InChI=1S/C16H19N5O/c1-2-22-15(9-17)14-10-18-7-8-21(14)16-12-5-3-4-6-13(12)19-11-20-16/h3-6,11,14-15,18H,2,7-8,10H2,1H3. The van der Waals surface area contributed by atoms with Crippen LogP contribution in [0.4, 0.5) is 5.82 Å². The summed E-state index contributed by atoms with van der Waals surface area (Å²) in [4.78, 5) is 11.0. The van der Waals surface area contributed by atoms with Gasteiger partial charge in [0.2, 0.25) is 0 Å². The van der Waals surface area contributed by atoms with Crippen LogP contribution in [0.1, 0.15) is 6.92 Å². The fourth-order valence-corrected chi connectivity index (χ4v) is 2.89. The summed E-state index contributed by atoms with van der Waals surface area (Å²) < 4.78 is 5.61. The maximum atomic E-state index is 9.43. The minimum absolute atomic E-state index is 0.0583. The number of ether oxygens (including phenoxy) is 1. The van der Waals surface area contributed by atoms with Crippen LogP contribution < -0.4 is 10.2 Å². The molecule has 1 aromatic carbocycles. The molecular formula is C16H19N5O. The second kappa shape index (κ2) is 6.69. The van der Waals surface area contributed by atoms with Gasteiger partial charge < -0.3 is 15.0 Å². The molecule has 1 fully saturated rings. The number of nitrogens with one attached hydrogen (secondary N) is 1. The van der Waals surface area contributed by atoms with E-state index in [9.17, 15) is 5.26 Å². The largest absolute Gasteiger partial charge is 0.361 e. The van der Waals surface area contributed by atoms with E-state index in [1.54, 1.807) is 6.33 Å². The molecule has 0 bridgehead atoms. The van der Waals surface area contributed by atoms with Gasteiger partial charge in [0.05, 0.1) is 17.6 Å². The molecule has 0 aliphatic carbocycles. The van der Waals surface area contributed by atoms with E-state index in [0.29, 0.717) is 13.2 Å². The summed E-state index contributed by atoms with van der Waals surface area (Å²) in [6, 6.07) is 10.2. The van der Waals surface area contributed by atoms with Gasteiger partial charge in [0.15, 0.2) is 6.10 Å². The number of para-hydroxylation sites is 1. The number of aromatic nitrogens is 2. The Bertz CT molecular complexity index is 678. The first kappa shape index (κ1) is 14.7. The van der Waals surface area contributed by atoms with Crippen molar-refractivity contribution in [1.29, 1.82) is 5.26 Å². The van der Waals surface area contributed by atoms with Gasteiger partial charge in [0, 0.05) is 31.6 Å². The summed E-state index contributed by atoms with van der Waals surface area (Å²) in [5.41, 5.74) is 0.912. The van der Waals surface area contributed by atoms with Crippen molar-refractivity contribution in [3.05, 3.63) is 30.6 Å². The van der Waals surface area contributed by atoms with E-state index >= 15 is 0 Å². The highest BCUT2D eigenvalue weighted by Crippen LogP contribution is 2.26. The lowest BCUT2D eigenvalue weighted by molar-refractivity contribution is 0.0769. The summed E-state index contributed by atoms with van der Waals surface area (Å²) in [5.74, 6) is 0.872. The average molecular weight is 297 g/mol. The minimum atomic E-state index is -0.480. The van der Waals surface area contributed by atoms with Gasteiger partial charge in [-0.3, -0.25) is 0 Å². The van der Waals surface area contributed by atoms with Crippen LogP contribution in [0.15, 0.2) is 30.6 Å². The predicted molar refractivity (Wildman–Crippen MR) is 84.6 cm³/mol. The Balaban J connectivity index is 2.01. The Morgan fingerprint density at radius 2 is 2.32 bits per heavy atom. The molecular weight excluding hydrogens is 278 g/mol. The number of benzene rings is 1. The molecule has 1 aliphatic rings. The number of fused-ring (bicyclic) bond motifs is 1. The van der Waals surface area contributed by atoms with Gasteiger partial charge in [-0.05, 0) is 19.1 Å². The number of nitriles is 1. The zero-order chi connectivity index (χ0) is 15.4. The smallest absolute Gasteiger partial charge is 0.165 e. The summed E-state index contributed by atoms with van der Waals surface area (Å²) in [7, 11) is 0. The van der Waals surface area contributed by atoms with Crippen molar-refractivity contribution >= 4 is 16.7 Å². The zero-order valence-electron chi connectivity index (χ0n) is 12.6. The third kappa shape index (κ3) is 2.73. The number of anilines is 1.